The Labute approximate surface area is 166 Å². The van der Waals surface area contributed by atoms with Gasteiger partial charge in [-0.3, -0.25) is 9.59 Å². The Kier molecular flexibility index (Phi) is 5.67. The first-order valence-corrected chi connectivity index (χ1v) is 9.60. The fourth-order valence-corrected chi connectivity index (χ4v) is 4.81. The van der Waals surface area contributed by atoms with Crippen molar-refractivity contribution >= 4 is 68.0 Å². The molecule has 0 atom stereocenters. The standard InChI is InChI=1S/C16H12Cl2N2O4S2/c1-23-9-4-3-5-10-13(9)20(7-12(21)24-2)16(25-10)19-15(22)8-6-11(17)26-14(8)18/h3-6H,7H2,1-2H3. The van der Waals surface area contributed by atoms with Crippen molar-refractivity contribution in [2.75, 3.05) is 14.2 Å². The number of ether oxygens (including phenoxy) is 2. The number of rotatable bonds is 4. The van der Waals surface area contributed by atoms with Crippen LogP contribution in [0.15, 0.2) is 29.3 Å². The highest BCUT2D eigenvalue weighted by molar-refractivity contribution is 7.20. The Morgan fingerprint density at radius 1 is 1.23 bits per heavy atom. The lowest BCUT2D eigenvalue weighted by Gasteiger charge is -2.07. The number of aromatic nitrogens is 1. The number of carbonyl (C=O) groups excluding carboxylic acids is 2. The lowest BCUT2D eigenvalue weighted by Crippen LogP contribution is -2.22. The quantitative estimate of drug-likeness (QED) is 0.586. The minimum Gasteiger partial charge on any atom is -0.495 e. The maximum atomic E-state index is 12.5. The molecular weight excluding hydrogens is 419 g/mol. The lowest BCUT2D eigenvalue weighted by atomic mass is 10.3. The van der Waals surface area contributed by atoms with E-state index in [-0.39, 0.29) is 16.4 Å². The van der Waals surface area contributed by atoms with Gasteiger partial charge < -0.3 is 14.0 Å². The van der Waals surface area contributed by atoms with E-state index in [1.807, 2.05) is 12.1 Å². The Morgan fingerprint density at radius 3 is 2.62 bits per heavy atom. The second-order valence-electron chi connectivity index (χ2n) is 5.01. The van der Waals surface area contributed by atoms with E-state index in [1.165, 1.54) is 31.6 Å². The number of benzene rings is 1. The van der Waals surface area contributed by atoms with E-state index in [4.69, 9.17) is 32.7 Å². The average Bonchev–Trinajstić information content (AvgIpc) is 3.14. The van der Waals surface area contributed by atoms with Gasteiger partial charge >= 0.3 is 5.97 Å². The van der Waals surface area contributed by atoms with Crippen LogP contribution < -0.4 is 9.54 Å². The first-order chi connectivity index (χ1) is 12.4. The van der Waals surface area contributed by atoms with Crippen molar-refractivity contribution in [1.29, 1.82) is 0 Å². The van der Waals surface area contributed by atoms with Crippen LogP contribution in [0.1, 0.15) is 10.4 Å². The second-order valence-corrected chi connectivity index (χ2v) is 8.30. The molecule has 1 aromatic carbocycles. The highest BCUT2D eigenvalue weighted by Crippen LogP contribution is 2.32. The van der Waals surface area contributed by atoms with Crippen molar-refractivity contribution in [1.82, 2.24) is 4.57 Å². The Bertz CT molecular complexity index is 1070. The molecular formula is C16H12Cl2N2O4S2. The largest absolute Gasteiger partial charge is 0.495 e. The Morgan fingerprint density at radius 2 is 2.00 bits per heavy atom. The summed E-state index contributed by atoms with van der Waals surface area (Å²) in [5.41, 5.74) is 0.877. The summed E-state index contributed by atoms with van der Waals surface area (Å²) in [6.07, 6.45) is 0. The summed E-state index contributed by atoms with van der Waals surface area (Å²) in [4.78, 5) is 28.9. The molecule has 0 aliphatic carbocycles. The molecule has 0 unspecified atom stereocenters. The van der Waals surface area contributed by atoms with E-state index in [0.29, 0.717) is 20.4 Å². The van der Waals surface area contributed by atoms with Crippen LogP contribution in [0.25, 0.3) is 10.2 Å². The van der Waals surface area contributed by atoms with Gasteiger partial charge in [-0.1, -0.05) is 40.6 Å². The van der Waals surface area contributed by atoms with E-state index in [1.54, 1.807) is 10.6 Å². The molecule has 0 aliphatic heterocycles. The zero-order valence-corrected chi connectivity index (χ0v) is 16.8. The van der Waals surface area contributed by atoms with Gasteiger partial charge in [-0.25, -0.2) is 0 Å². The van der Waals surface area contributed by atoms with Crippen LogP contribution >= 0.6 is 45.9 Å². The van der Waals surface area contributed by atoms with E-state index >= 15 is 0 Å². The zero-order valence-electron chi connectivity index (χ0n) is 13.6. The van der Waals surface area contributed by atoms with Crippen LogP contribution in [0.2, 0.25) is 8.67 Å². The average molecular weight is 431 g/mol. The summed E-state index contributed by atoms with van der Waals surface area (Å²) >= 11 is 14.3. The number of carbonyl (C=O) groups is 2. The third-order valence-corrected chi connectivity index (χ3v) is 6.01. The van der Waals surface area contributed by atoms with Crippen molar-refractivity contribution in [3.8, 4) is 5.75 Å². The SMILES string of the molecule is COC(=O)Cn1c(=NC(=O)c2cc(Cl)sc2Cl)sc2cccc(OC)c21. The van der Waals surface area contributed by atoms with E-state index in [9.17, 15) is 9.59 Å². The zero-order chi connectivity index (χ0) is 18.8. The van der Waals surface area contributed by atoms with Crippen LogP contribution in [0.4, 0.5) is 0 Å². The monoisotopic (exact) mass is 430 g/mol. The van der Waals surface area contributed by atoms with Crippen molar-refractivity contribution in [2.24, 2.45) is 4.99 Å². The van der Waals surface area contributed by atoms with Crippen molar-refractivity contribution < 1.29 is 19.1 Å². The molecule has 0 bridgehead atoms. The van der Waals surface area contributed by atoms with Gasteiger partial charge in [-0.05, 0) is 18.2 Å². The molecule has 3 rings (SSSR count). The highest BCUT2D eigenvalue weighted by Gasteiger charge is 2.17. The number of amides is 1. The van der Waals surface area contributed by atoms with Gasteiger partial charge in [0.1, 0.15) is 22.1 Å². The molecule has 0 N–H and O–H groups in total. The lowest BCUT2D eigenvalue weighted by molar-refractivity contribution is -0.141. The second kappa shape index (κ2) is 7.79. The Balaban J connectivity index is 2.21. The molecule has 3 aromatic rings. The molecule has 6 nitrogen and oxygen atoms in total. The summed E-state index contributed by atoms with van der Waals surface area (Å²) in [7, 11) is 2.83. The van der Waals surface area contributed by atoms with Gasteiger partial charge in [0.25, 0.3) is 5.91 Å². The van der Waals surface area contributed by atoms with Gasteiger partial charge in [0.05, 0.1) is 28.8 Å². The van der Waals surface area contributed by atoms with Gasteiger partial charge in [0.2, 0.25) is 0 Å². The number of halogens is 2. The summed E-state index contributed by atoms with van der Waals surface area (Å²) in [5, 5.41) is 0. The first kappa shape index (κ1) is 18.9. The molecule has 0 spiro atoms. The predicted octanol–water partition coefficient (Wildman–Crippen LogP) is 3.99. The molecule has 10 heteroatoms. The summed E-state index contributed by atoms with van der Waals surface area (Å²) in [6, 6.07) is 6.92. The molecule has 0 radical (unpaired) electrons. The normalized spacial score (nSPS) is 11.8. The third kappa shape index (κ3) is 3.64. The van der Waals surface area contributed by atoms with Crippen LogP contribution in [-0.2, 0) is 16.1 Å². The van der Waals surface area contributed by atoms with E-state index in [2.05, 4.69) is 4.99 Å². The number of hydrogen-bond donors (Lipinski definition) is 0. The fraction of sp³-hybridized carbons (Fsp3) is 0.188. The number of nitrogens with zero attached hydrogens (tertiary/aromatic N) is 2. The van der Waals surface area contributed by atoms with Gasteiger partial charge in [0.15, 0.2) is 4.80 Å². The summed E-state index contributed by atoms with van der Waals surface area (Å²) < 4.78 is 13.2. The molecule has 0 saturated heterocycles. The van der Waals surface area contributed by atoms with Crippen LogP contribution in [0.3, 0.4) is 0 Å². The molecule has 0 saturated carbocycles. The molecule has 2 aromatic heterocycles. The summed E-state index contributed by atoms with van der Waals surface area (Å²) in [5.74, 6) is -0.448. The maximum Gasteiger partial charge on any atom is 0.325 e. The molecule has 1 amide bonds. The molecule has 136 valence electrons. The number of para-hydroxylation sites is 1. The number of methoxy groups -OCH3 is 2. The van der Waals surface area contributed by atoms with Gasteiger partial charge in [-0.2, -0.15) is 4.99 Å². The van der Waals surface area contributed by atoms with Crippen molar-refractivity contribution in [3.05, 3.63) is 43.3 Å². The smallest absolute Gasteiger partial charge is 0.325 e. The molecule has 0 aliphatic rings. The first-order valence-electron chi connectivity index (χ1n) is 7.21. The third-order valence-electron chi connectivity index (χ3n) is 3.48. The van der Waals surface area contributed by atoms with Crippen LogP contribution in [0.5, 0.6) is 5.75 Å². The topological polar surface area (TPSA) is 69.9 Å². The number of fused-ring (bicyclic) bond motifs is 1. The van der Waals surface area contributed by atoms with Gasteiger partial charge in [-0.15, -0.1) is 11.3 Å². The molecule has 2 heterocycles. The summed E-state index contributed by atoms with van der Waals surface area (Å²) in [6.45, 7) is -0.110. The van der Waals surface area contributed by atoms with Crippen molar-refractivity contribution in [3.63, 3.8) is 0 Å². The van der Waals surface area contributed by atoms with E-state index < -0.39 is 11.9 Å². The van der Waals surface area contributed by atoms with Gasteiger partial charge in [0, 0.05) is 0 Å². The number of thiophene rings is 1. The van der Waals surface area contributed by atoms with Crippen molar-refractivity contribution in [2.45, 2.75) is 6.54 Å². The van der Waals surface area contributed by atoms with Crippen LogP contribution in [0, 0.1) is 0 Å². The number of esters is 1. The Hall–Kier alpha value is -1.87. The predicted molar refractivity (Wildman–Crippen MR) is 103 cm³/mol. The highest BCUT2D eigenvalue weighted by atomic mass is 35.5. The van der Waals surface area contributed by atoms with E-state index in [0.717, 1.165) is 16.0 Å². The molecule has 0 fully saturated rings. The minimum absolute atomic E-state index is 0.110. The molecule has 26 heavy (non-hydrogen) atoms. The minimum atomic E-state index is -0.540. The number of thiazole rings is 1. The number of hydrogen-bond acceptors (Lipinski definition) is 6. The fourth-order valence-electron chi connectivity index (χ4n) is 2.32. The van der Waals surface area contributed by atoms with Crippen LogP contribution in [-0.4, -0.2) is 30.7 Å². The maximum absolute atomic E-state index is 12.5.